The molecule has 0 aromatic heterocycles. The Bertz CT molecular complexity index is 241. The van der Waals surface area contributed by atoms with Crippen LogP contribution in [0.5, 0.6) is 0 Å². The van der Waals surface area contributed by atoms with Crippen LogP contribution in [-0.2, 0) is 14.3 Å². The minimum Gasteiger partial charge on any atom is -0.448 e. The van der Waals surface area contributed by atoms with Gasteiger partial charge in [-0.1, -0.05) is 0 Å². The van der Waals surface area contributed by atoms with Crippen molar-refractivity contribution in [2.24, 2.45) is 5.73 Å². The van der Waals surface area contributed by atoms with Gasteiger partial charge in [-0.3, -0.25) is 4.79 Å². The molecule has 0 aromatic carbocycles. The van der Waals surface area contributed by atoms with Crippen LogP contribution in [0.4, 0.5) is 4.79 Å². The summed E-state index contributed by atoms with van der Waals surface area (Å²) >= 11 is 0. The van der Waals surface area contributed by atoms with Crippen LogP contribution in [0, 0.1) is 0 Å². The fourth-order valence-electron chi connectivity index (χ4n) is 1.39. The average Bonchev–Trinajstić information content (AvgIpc) is 2.25. The minimum absolute atomic E-state index is 0.0609. The summed E-state index contributed by atoms with van der Waals surface area (Å²) in [7, 11) is 0. The van der Waals surface area contributed by atoms with Crippen molar-refractivity contribution in [3.8, 4) is 0 Å². The van der Waals surface area contributed by atoms with E-state index in [1.807, 2.05) is 0 Å². The number of primary amides is 1. The molecule has 0 spiro atoms. The van der Waals surface area contributed by atoms with Crippen LogP contribution in [0.2, 0.25) is 0 Å². The molecule has 16 heavy (non-hydrogen) atoms. The molecule has 0 radical (unpaired) electrons. The fraction of sp³-hybridized carbons (Fsp3) is 0.778. The van der Waals surface area contributed by atoms with E-state index in [0.29, 0.717) is 19.6 Å². The molecule has 1 atom stereocenters. The Labute approximate surface area is 93.6 Å². The summed E-state index contributed by atoms with van der Waals surface area (Å²) in [6, 6.07) is 0.0609. The van der Waals surface area contributed by atoms with Crippen LogP contribution in [0.25, 0.3) is 0 Å². The van der Waals surface area contributed by atoms with Gasteiger partial charge in [0.25, 0.3) is 0 Å². The van der Waals surface area contributed by atoms with E-state index in [9.17, 15) is 9.59 Å². The Morgan fingerprint density at radius 3 is 3.00 bits per heavy atom. The molecule has 1 unspecified atom stereocenters. The molecular formula is C9H17N3O4. The molecule has 1 aliphatic rings. The van der Waals surface area contributed by atoms with Crippen molar-refractivity contribution in [1.29, 1.82) is 0 Å². The first-order valence-electron chi connectivity index (χ1n) is 5.18. The lowest BCUT2D eigenvalue weighted by Crippen LogP contribution is -2.44. The summed E-state index contributed by atoms with van der Waals surface area (Å²) < 4.78 is 9.68. The van der Waals surface area contributed by atoms with Crippen LogP contribution in [0.3, 0.4) is 0 Å². The standard InChI is InChI=1S/C9H17N3O4/c10-9(14)16-4-2-12-8(13)5-7-6-15-3-1-11-7/h7,11H,1-6H2,(H2,10,14)(H,12,13). The first-order chi connectivity index (χ1) is 7.68. The van der Waals surface area contributed by atoms with Crippen molar-refractivity contribution in [3.63, 3.8) is 0 Å². The van der Waals surface area contributed by atoms with Crippen molar-refractivity contribution in [2.75, 3.05) is 32.9 Å². The molecule has 2 amide bonds. The predicted molar refractivity (Wildman–Crippen MR) is 55.8 cm³/mol. The Morgan fingerprint density at radius 2 is 2.38 bits per heavy atom. The molecule has 1 aliphatic heterocycles. The average molecular weight is 231 g/mol. The second kappa shape index (κ2) is 7.02. The van der Waals surface area contributed by atoms with Crippen LogP contribution >= 0.6 is 0 Å². The largest absolute Gasteiger partial charge is 0.448 e. The maximum Gasteiger partial charge on any atom is 0.404 e. The van der Waals surface area contributed by atoms with Crippen LogP contribution < -0.4 is 16.4 Å². The lowest BCUT2D eigenvalue weighted by molar-refractivity contribution is -0.122. The molecule has 7 heteroatoms. The van der Waals surface area contributed by atoms with Crippen LogP contribution in [0.15, 0.2) is 0 Å². The first-order valence-corrected chi connectivity index (χ1v) is 5.18. The Hall–Kier alpha value is -1.34. The van der Waals surface area contributed by atoms with Gasteiger partial charge in [0.15, 0.2) is 0 Å². The van der Waals surface area contributed by atoms with E-state index in [1.54, 1.807) is 0 Å². The highest BCUT2D eigenvalue weighted by atomic mass is 16.5. The molecule has 0 bridgehead atoms. The van der Waals surface area contributed by atoms with E-state index in [4.69, 9.17) is 10.5 Å². The summed E-state index contributed by atoms with van der Waals surface area (Å²) in [5.74, 6) is -0.101. The number of hydrogen-bond donors (Lipinski definition) is 3. The van der Waals surface area contributed by atoms with Crippen molar-refractivity contribution in [2.45, 2.75) is 12.5 Å². The van der Waals surface area contributed by atoms with E-state index in [1.165, 1.54) is 0 Å². The number of carbonyl (C=O) groups is 2. The van der Waals surface area contributed by atoms with Gasteiger partial charge in [0.05, 0.1) is 19.8 Å². The van der Waals surface area contributed by atoms with Crippen molar-refractivity contribution in [3.05, 3.63) is 0 Å². The second-order valence-corrected chi connectivity index (χ2v) is 3.45. The van der Waals surface area contributed by atoms with Gasteiger partial charge < -0.3 is 25.8 Å². The maximum atomic E-state index is 11.4. The zero-order valence-electron chi connectivity index (χ0n) is 9.03. The zero-order valence-corrected chi connectivity index (χ0v) is 9.03. The van der Waals surface area contributed by atoms with Crippen molar-refractivity contribution < 1.29 is 19.1 Å². The summed E-state index contributed by atoms with van der Waals surface area (Å²) in [5, 5.41) is 5.79. The molecule has 1 fully saturated rings. The molecule has 4 N–H and O–H groups in total. The highest BCUT2D eigenvalue weighted by molar-refractivity contribution is 5.76. The predicted octanol–water partition coefficient (Wildman–Crippen LogP) is -1.42. The quantitative estimate of drug-likeness (QED) is 0.504. The Balaban J connectivity index is 2.03. The highest BCUT2D eigenvalue weighted by Crippen LogP contribution is 1.97. The molecule has 7 nitrogen and oxygen atoms in total. The van der Waals surface area contributed by atoms with E-state index < -0.39 is 6.09 Å². The van der Waals surface area contributed by atoms with Gasteiger partial charge in [-0.15, -0.1) is 0 Å². The Kier molecular flexibility index (Phi) is 5.58. The van der Waals surface area contributed by atoms with Gasteiger partial charge in [0.2, 0.25) is 5.91 Å². The SMILES string of the molecule is NC(=O)OCCNC(=O)CC1COCCN1. The van der Waals surface area contributed by atoms with Gasteiger partial charge in [-0.2, -0.15) is 0 Å². The van der Waals surface area contributed by atoms with Gasteiger partial charge in [-0.05, 0) is 0 Å². The molecule has 0 aliphatic carbocycles. The number of carbonyl (C=O) groups excluding carboxylic acids is 2. The molecule has 1 heterocycles. The molecular weight excluding hydrogens is 214 g/mol. The number of ether oxygens (including phenoxy) is 2. The molecule has 0 saturated carbocycles. The first kappa shape index (κ1) is 12.7. The molecule has 1 saturated heterocycles. The third kappa shape index (κ3) is 5.52. The molecule has 92 valence electrons. The Morgan fingerprint density at radius 1 is 1.56 bits per heavy atom. The van der Waals surface area contributed by atoms with Gasteiger partial charge >= 0.3 is 6.09 Å². The number of rotatable bonds is 5. The summed E-state index contributed by atoms with van der Waals surface area (Å²) in [4.78, 5) is 21.6. The zero-order chi connectivity index (χ0) is 11.8. The number of morpholine rings is 1. The summed E-state index contributed by atoms with van der Waals surface area (Å²) in [6.07, 6.45) is -0.479. The van der Waals surface area contributed by atoms with Crippen molar-refractivity contribution >= 4 is 12.0 Å². The topological polar surface area (TPSA) is 103 Å². The lowest BCUT2D eigenvalue weighted by Gasteiger charge is -2.23. The maximum absolute atomic E-state index is 11.4. The second-order valence-electron chi connectivity index (χ2n) is 3.45. The van der Waals surface area contributed by atoms with Gasteiger partial charge in [0.1, 0.15) is 6.61 Å². The van der Waals surface area contributed by atoms with Crippen molar-refractivity contribution in [1.82, 2.24) is 10.6 Å². The number of hydrogen-bond acceptors (Lipinski definition) is 5. The van der Waals surface area contributed by atoms with Crippen LogP contribution in [0.1, 0.15) is 6.42 Å². The third-order valence-corrected chi connectivity index (χ3v) is 2.10. The van der Waals surface area contributed by atoms with Crippen LogP contribution in [-0.4, -0.2) is 51.0 Å². The highest BCUT2D eigenvalue weighted by Gasteiger charge is 2.16. The lowest BCUT2D eigenvalue weighted by atomic mass is 10.2. The molecule has 0 aromatic rings. The smallest absolute Gasteiger partial charge is 0.404 e. The number of nitrogens with one attached hydrogen (secondary N) is 2. The van der Waals surface area contributed by atoms with E-state index in [-0.39, 0.29) is 25.1 Å². The van der Waals surface area contributed by atoms with Gasteiger partial charge in [-0.25, -0.2) is 4.79 Å². The molecule has 1 rings (SSSR count). The number of nitrogens with two attached hydrogens (primary N) is 1. The normalized spacial score (nSPS) is 20.1. The van der Waals surface area contributed by atoms with E-state index in [0.717, 1.165) is 6.54 Å². The van der Waals surface area contributed by atoms with E-state index in [2.05, 4.69) is 15.4 Å². The third-order valence-electron chi connectivity index (χ3n) is 2.10. The summed E-state index contributed by atoms with van der Waals surface area (Å²) in [6.45, 7) is 2.36. The van der Waals surface area contributed by atoms with Gasteiger partial charge in [0, 0.05) is 19.0 Å². The minimum atomic E-state index is -0.836. The fourth-order valence-corrected chi connectivity index (χ4v) is 1.39. The monoisotopic (exact) mass is 231 g/mol. The summed E-state index contributed by atoms with van der Waals surface area (Å²) in [5.41, 5.74) is 4.76. The van der Waals surface area contributed by atoms with E-state index >= 15 is 0 Å². The number of amides is 2.